The zero-order valence-corrected chi connectivity index (χ0v) is 16.9. The van der Waals surface area contributed by atoms with Gasteiger partial charge in [-0.1, -0.05) is 19.9 Å². The minimum Gasteiger partial charge on any atom is -0.336 e. The van der Waals surface area contributed by atoms with Gasteiger partial charge in [0, 0.05) is 29.5 Å². The number of carbonyl (C=O) groups excluding carboxylic acids is 2. The maximum atomic E-state index is 12.2. The third-order valence-corrected chi connectivity index (χ3v) is 4.30. The highest BCUT2D eigenvalue weighted by Gasteiger charge is 2.12. The molecule has 7 heteroatoms. The van der Waals surface area contributed by atoms with E-state index in [1.54, 1.807) is 6.07 Å². The number of aromatic nitrogens is 2. The molecule has 1 heterocycles. The first-order chi connectivity index (χ1) is 12.7. The third-order valence-electron chi connectivity index (χ3n) is 4.30. The second-order valence-electron chi connectivity index (χ2n) is 7.23. The van der Waals surface area contributed by atoms with Gasteiger partial charge in [-0.3, -0.25) is 9.48 Å². The van der Waals surface area contributed by atoms with Crippen molar-refractivity contribution in [2.75, 3.05) is 17.2 Å². The van der Waals surface area contributed by atoms with Gasteiger partial charge in [-0.2, -0.15) is 5.10 Å². The summed E-state index contributed by atoms with van der Waals surface area (Å²) >= 11 is 0. The van der Waals surface area contributed by atoms with E-state index in [4.69, 9.17) is 0 Å². The predicted molar refractivity (Wildman–Crippen MR) is 108 cm³/mol. The molecule has 27 heavy (non-hydrogen) atoms. The van der Waals surface area contributed by atoms with Crippen molar-refractivity contribution < 1.29 is 9.59 Å². The number of rotatable bonds is 6. The maximum Gasteiger partial charge on any atom is 0.319 e. The average molecular weight is 371 g/mol. The fourth-order valence-corrected chi connectivity index (χ4v) is 2.71. The summed E-state index contributed by atoms with van der Waals surface area (Å²) < 4.78 is 1.90. The molecule has 1 aromatic carbocycles. The molecule has 0 aliphatic carbocycles. The molecule has 0 saturated carbocycles. The van der Waals surface area contributed by atoms with E-state index in [9.17, 15) is 9.59 Å². The number of hydrogen-bond donors (Lipinski definition) is 3. The molecule has 1 unspecified atom stereocenters. The molecule has 1 aromatic heterocycles. The lowest BCUT2D eigenvalue weighted by atomic mass is 10.1. The van der Waals surface area contributed by atoms with Gasteiger partial charge in [0.2, 0.25) is 5.91 Å². The van der Waals surface area contributed by atoms with Gasteiger partial charge in [0.1, 0.15) is 0 Å². The van der Waals surface area contributed by atoms with Crippen LogP contribution in [0.4, 0.5) is 16.2 Å². The molecule has 0 bridgehead atoms. The van der Waals surface area contributed by atoms with Gasteiger partial charge in [0.15, 0.2) is 0 Å². The summed E-state index contributed by atoms with van der Waals surface area (Å²) in [5.41, 5.74) is 4.28. The van der Waals surface area contributed by atoms with E-state index < -0.39 is 0 Å². The van der Waals surface area contributed by atoms with Crippen LogP contribution in [0.25, 0.3) is 0 Å². The number of carbonyl (C=O) groups is 2. The van der Waals surface area contributed by atoms with Crippen molar-refractivity contribution >= 4 is 23.3 Å². The molecular formula is C20H29N5O2. The Morgan fingerprint density at radius 3 is 2.37 bits per heavy atom. The highest BCUT2D eigenvalue weighted by Crippen LogP contribution is 2.21. The molecule has 0 radical (unpaired) electrons. The third kappa shape index (κ3) is 5.57. The first-order valence-electron chi connectivity index (χ1n) is 9.16. The summed E-state index contributed by atoms with van der Waals surface area (Å²) in [4.78, 5) is 24.1. The first-order valence-corrected chi connectivity index (χ1v) is 9.16. The Balaban J connectivity index is 1.95. The number of hydrogen-bond acceptors (Lipinski definition) is 3. The Morgan fingerprint density at radius 1 is 1.07 bits per heavy atom. The standard InChI is InChI=1S/C20H29N5O2/c1-12(2)19(26)23-18-10-17(8-7-13(18)3)22-20(27)21-11-16(6)25-15(5)9-14(4)24-25/h7-10,12,16H,11H2,1-6H3,(H,23,26)(H2,21,22,27). The number of amides is 3. The van der Waals surface area contributed by atoms with E-state index in [2.05, 4.69) is 21.0 Å². The van der Waals surface area contributed by atoms with Gasteiger partial charge < -0.3 is 16.0 Å². The van der Waals surface area contributed by atoms with Crippen LogP contribution in [0.1, 0.15) is 43.8 Å². The topological polar surface area (TPSA) is 88.0 Å². The smallest absolute Gasteiger partial charge is 0.319 e. The fourth-order valence-electron chi connectivity index (χ4n) is 2.71. The second kappa shape index (κ2) is 8.70. The van der Waals surface area contributed by atoms with Gasteiger partial charge >= 0.3 is 6.03 Å². The van der Waals surface area contributed by atoms with Crippen LogP contribution in [0.15, 0.2) is 24.3 Å². The van der Waals surface area contributed by atoms with Crippen molar-refractivity contribution in [1.29, 1.82) is 0 Å². The monoisotopic (exact) mass is 371 g/mol. The SMILES string of the molecule is Cc1cc(C)n(C(C)CNC(=O)Nc2ccc(C)c(NC(=O)C(C)C)c2)n1. The number of anilines is 2. The van der Waals surface area contributed by atoms with Crippen molar-refractivity contribution in [3.63, 3.8) is 0 Å². The molecule has 0 aliphatic rings. The summed E-state index contributed by atoms with van der Waals surface area (Å²) in [7, 11) is 0. The number of aryl methyl sites for hydroxylation is 3. The van der Waals surface area contributed by atoms with Crippen LogP contribution in [-0.2, 0) is 4.79 Å². The fraction of sp³-hybridized carbons (Fsp3) is 0.450. The molecular weight excluding hydrogens is 342 g/mol. The molecule has 0 spiro atoms. The van der Waals surface area contributed by atoms with Crippen LogP contribution >= 0.6 is 0 Å². The van der Waals surface area contributed by atoms with E-state index in [1.807, 2.05) is 64.4 Å². The molecule has 3 amide bonds. The quantitative estimate of drug-likeness (QED) is 0.722. The lowest BCUT2D eigenvalue weighted by Gasteiger charge is -2.16. The van der Waals surface area contributed by atoms with Gasteiger partial charge in [0.05, 0.1) is 11.7 Å². The van der Waals surface area contributed by atoms with Gasteiger partial charge in [-0.25, -0.2) is 4.79 Å². The Labute approximate surface area is 160 Å². The van der Waals surface area contributed by atoms with Crippen molar-refractivity contribution in [3.05, 3.63) is 41.2 Å². The van der Waals surface area contributed by atoms with Crippen LogP contribution in [0.5, 0.6) is 0 Å². The summed E-state index contributed by atoms with van der Waals surface area (Å²) in [5, 5.41) is 13.0. The molecule has 2 aromatic rings. The summed E-state index contributed by atoms with van der Waals surface area (Å²) in [6.07, 6.45) is 0. The van der Waals surface area contributed by atoms with Crippen LogP contribution in [0.2, 0.25) is 0 Å². The van der Waals surface area contributed by atoms with Gasteiger partial charge in [-0.05, 0) is 51.5 Å². The minimum atomic E-state index is -0.298. The zero-order valence-electron chi connectivity index (χ0n) is 16.9. The average Bonchev–Trinajstić information content (AvgIpc) is 2.94. The molecule has 1 atom stereocenters. The predicted octanol–water partition coefficient (Wildman–Crippen LogP) is 3.79. The summed E-state index contributed by atoms with van der Waals surface area (Å²) in [6.45, 7) is 12.0. The van der Waals surface area contributed by atoms with E-state index in [-0.39, 0.29) is 23.9 Å². The Morgan fingerprint density at radius 2 is 1.78 bits per heavy atom. The molecule has 146 valence electrons. The highest BCUT2D eigenvalue weighted by molar-refractivity contribution is 5.95. The maximum absolute atomic E-state index is 12.2. The van der Waals surface area contributed by atoms with Crippen molar-refractivity contribution in [2.24, 2.45) is 5.92 Å². The summed E-state index contributed by atoms with van der Waals surface area (Å²) in [6, 6.07) is 7.20. The zero-order chi connectivity index (χ0) is 20.1. The second-order valence-corrected chi connectivity index (χ2v) is 7.23. The van der Waals surface area contributed by atoms with E-state index in [0.717, 1.165) is 17.0 Å². The molecule has 2 rings (SSSR count). The van der Waals surface area contributed by atoms with E-state index in [1.165, 1.54) is 0 Å². The lowest BCUT2D eigenvalue weighted by Crippen LogP contribution is -2.33. The van der Waals surface area contributed by atoms with Crippen molar-refractivity contribution in [3.8, 4) is 0 Å². The minimum absolute atomic E-state index is 0.0448. The van der Waals surface area contributed by atoms with Gasteiger partial charge in [-0.15, -0.1) is 0 Å². The number of benzene rings is 1. The molecule has 0 fully saturated rings. The van der Waals surface area contributed by atoms with Crippen LogP contribution in [-0.4, -0.2) is 28.3 Å². The molecule has 7 nitrogen and oxygen atoms in total. The number of urea groups is 1. The lowest BCUT2D eigenvalue weighted by molar-refractivity contribution is -0.118. The molecule has 3 N–H and O–H groups in total. The van der Waals surface area contributed by atoms with Gasteiger partial charge in [0.25, 0.3) is 0 Å². The Bertz CT molecular complexity index is 826. The largest absolute Gasteiger partial charge is 0.336 e. The summed E-state index contributed by atoms with van der Waals surface area (Å²) in [5.74, 6) is -0.168. The van der Waals surface area contributed by atoms with E-state index in [0.29, 0.717) is 17.9 Å². The number of nitrogens with one attached hydrogen (secondary N) is 3. The first kappa shape index (κ1) is 20.5. The molecule has 0 saturated heterocycles. The van der Waals surface area contributed by atoms with Crippen molar-refractivity contribution in [1.82, 2.24) is 15.1 Å². The van der Waals surface area contributed by atoms with Crippen LogP contribution in [0, 0.1) is 26.7 Å². The van der Waals surface area contributed by atoms with Crippen LogP contribution in [0.3, 0.4) is 0 Å². The highest BCUT2D eigenvalue weighted by atomic mass is 16.2. The van der Waals surface area contributed by atoms with Crippen LogP contribution < -0.4 is 16.0 Å². The normalized spacial score (nSPS) is 12.0. The Hall–Kier alpha value is -2.83. The number of nitrogens with zero attached hydrogens (tertiary/aromatic N) is 2. The van der Waals surface area contributed by atoms with E-state index >= 15 is 0 Å². The molecule has 0 aliphatic heterocycles. The Kier molecular flexibility index (Phi) is 6.60. The van der Waals surface area contributed by atoms with Crippen molar-refractivity contribution in [2.45, 2.75) is 47.6 Å².